The smallest absolute Gasteiger partial charge is 0.0896 e. The van der Waals surface area contributed by atoms with E-state index in [0.717, 1.165) is 19.7 Å². The monoisotopic (exact) mass is 292 g/mol. The van der Waals surface area contributed by atoms with E-state index in [0.29, 0.717) is 6.04 Å². The van der Waals surface area contributed by atoms with Crippen LogP contribution in [0.2, 0.25) is 0 Å². The molecule has 0 aromatic heterocycles. The van der Waals surface area contributed by atoms with Crippen LogP contribution in [0.5, 0.6) is 0 Å². The zero-order valence-electron chi connectivity index (χ0n) is 10.8. The van der Waals surface area contributed by atoms with Gasteiger partial charge in [0.05, 0.1) is 18.8 Å². The van der Waals surface area contributed by atoms with Crippen molar-refractivity contribution in [1.29, 1.82) is 0 Å². The minimum Gasteiger partial charge on any atom is -0.374 e. The highest BCUT2D eigenvalue weighted by molar-refractivity contribution is 5.85. The molecule has 0 amide bonds. The molecule has 0 aliphatic carbocycles. The molecule has 1 fully saturated rings. The van der Waals surface area contributed by atoms with Crippen LogP contribution in [-0.4, -0.2) is 44.8 Å². The molecular formula is C13H22Cl2N2O. The molecule has 2 rings (SSSR count). The fourth-order valence-corrected chi connectivity index (χ4v) is 2.16. The van der Waals surface area contributed by atoms with Crippen LogP contribution in [0.25, 0.3) is 0 Å². The zero-order valence-corrected chi connectivity index (χ0v) is 12.5. The van der Waals surface area contributed by atoms with Crippen molar-refractivity contribution < 1.29 is 4.74 Å². The third kappa shape index (κ3) is 4.75. The van der Waals surface area contributed by atoms with Crippen molar-refractivity contribution in [3.63, 3.8) is 0 Å². The van der Waals surface area contributed by atoms with Crippen LogP contribution in [0.4, 0.5) is 0 Å². The van der Waals surface area contributed by atoms with E-state index in [1.165, 1.54) is 5.56 Å². The number of nitrogens with zero attached hydrogens (tertiary/aromatic N) is 1. The van der Waals surface area contributed by atoms with Crippen molar-refractivity contribution in [2.24, 2.45) is 0 Å². The molecule has 1 aromatic rings. The molecular weight excluding hydrogens is 271 g/mol. The second-order valence-electron chi connectivity index (χ2n) is 4.51. The lowest BCUT2D eigenvalue weighted by Gasteiger charge is -2.34. The third-order valence-electron chi connectivity index (χ3n) is 2.87. The lowest BCUT2D eigenvalue weighted by molar-refractivity contribution is -0.0175. The number of hydrogen-bond donors (Lipinski definition) is 1. The van der Waals surface area contributed by atoms with E-state index in [4.69, 9.17) is 4.74 Å². The van der Waals surface area contributed by atoms with Gasteiger partial charge in [-0.2, -0.15) is 0 Å². The van der Waals surface area contributed by atoms with Gasteiger partial charge < -0.3 is 15.0 Å². The van der Waals surface area contributed by atoms with E-state index in [-0.39, 0.29) is 30.9 Å². The van der Waals surface area contributed by atoms with Gasteiger partial charge >= 0.3 is 0 Å². The molecule has 0 unspecified atom stereocenters. The van der Waals surface area contributed by atoms with E-state index in [1.807, 2.05) is 6.07 Å². The molecule has 1 aliphatic heterocycles. The van der Waals surface area contributed by atoms with Crippen LogP contribution in [0, 0.1) is 0 Å². The fourth-order valence-electron chi connectivity index (χ4n) is 2.16. The Morgan fingerprint density at radius 2 is 1.89 bits per heavy atom. The molecule has 1 aromatic carbocycles. The molecule has 0 radical (unpaired) electrons. The molecule has 1 heterocycles. The summed E-state index contributed by atoms with van der Waals surface area (Å²) in [6.07, 6.45) is 0.242. The number of rotatable bonds is 3. The Balaban J connectivity index is 0.00000144. The first kappa shape index (κ1) is 17.7. The average Bonchev–Trinajstić information content (AvgIpc) is 2.30. The first-order valence-corrected chi connectivity index (χ1v) is 5.82. The number of benzene rings is 1. The Bertz CT molecular complexity index is 322. The fraction of sp³-hybridized carbons (Fsp3) is 0.538. The van der Waals surface area contributed by atoms with Gasteiger partial charge in [0, 0.05) is 13.1 Å². The van der Waals surface area contributed by atoms with Gasteiger partial charge in [0.25, 0.3) is 0 Å². The summed E-state index contributed by atoms with van der Waals surface area (Å²) >= 11 is 0. The van der Waals surface area contributed by atoms with Crippen LogP contribution < -0.4 is 5.32 Å². The van der Waals surface area contributed by atoms with Gasteiger partial charge in [0.1, 0.15) is 0 Å². The number of hydrogen-bond acceptors (Lipinski definition) is 3. The van der Waals surface area contributed by atoms with Crippen LogP contribution >= 0.6 is 24.8 Å². The van der Waals surface area contributed by atoms with Crippen molar-refractivity contribution >= 4 is 24.8 Å². The Kier molecular flexibility index (Phi) is 8.57. The lowest BCUT2D eigenvalue weighted by Crippen LogP contribution is -2.46. The van der Waals surface area contributed by atoms with Crippen molar-refractivity contribution in [3.05, 3.63) is 35.9 Å². The number of morpholine rings is 1. The SMILES string of the molecule is CN(C)C[C@@H]1OCCN[C@H]1c1ccccc1.Cl.Cl. The Morgan fingerprint density at radius 3 is 2.50 bits per heavy atom. The van der Waals surface area contributed by atoms with Gasteiger partial charge in [-0.25, -0.2) is 0 Å². The van der Waals surface area contributed by atoms with E-state index in [9.17, 15) is 0 Å². The normalized spacial score (nSPS) is 23.1. The molecule has 2 atom stereocenters. The predicted octanol–water partition coefficient (Wildman–Crippen LogP) is 2.12. The number of ether oxygens (including phenoxy) is 1. The van der Waals surface area contributed by atoms with E-state index in [2.05, 4.69) is 48.6 Å². The second kappa shape index (κ2) is 8.73. The minimum absolute atomic E-state index is 0. The maximum atomic E-state index is 5.85. The predicted molar refractivity (Wildman–Crippen MR) is 80.0 cm³/mol. The summed E-state index contributed by atoms with van der Waals surface area (Å²) in [6, 6.07) is 10.9. The number of halogens is 2. The van der Waals surface area contributed by atoms with Gasteiger partial charge in [-0.1, -0.05) is 30.3 Å². The van der Waals surface area contributed by atoms with Crippen molar-refractivity contribution in [3.8, 4) is 0 Å². The standard InChI is InChI=1S/C13H20N2O.2ClH/c1-15(2)10-12-13(14-8-9-16-12)11-6-4-3-5-7-11;;/h3-7,12-14H,8-10H2,1-2H3;2*1H/t12-,13-;;/m0../s1. The van der Waals surface area contributed by atoms with E-state index in [1.54, 1.807) is 0 Å². The highest BCUT2D eigenvalue weighted by Gasteiger charge is 2.26. The topological polar surface area (TPSA) is 24.5 Å². The van der Waals surface area contributed by atoms with Crippen molar-refractivity contribution in [1.82, 2.24) is 10.2 Å². The van der Waals surface area contributed by atoms with Crippen LogP contribution in [0.1, 0.15) is 11.6 Å². The highest BCUT2D eigenvalue weighted by Crippen LogP contribution is 2.22. The summed E-state index contributed by atoms with van der Waals surface area (Å²) in [6.45, 7) is 2.69. The van der Waals surface area contributed by atoms with E-state index < -0.39 is 0 Å². The molecule has 18 heavy (non-hydrogen) atoms. The molecule has 0 bridgehead atoms. The van der Waals surface area contributed by atoms with Gasteiger partial charge in [-0.15, -0.1) is 24.8 Å². The molecule has 104 valence electrons. The summed E-state index contributed by atoms with van der Waals surface area (Å²) in [5.41, 5.74) is 1.31. The summed E-state index contributed by atoms with van der Waals surface area (Å²) in [5, 5.41) is 3.54. The van der Waals surface area contributed by atoms with Gasteiger partial charge in [-0.3, -0.25) is 0 Å². The van der Waals surface area contributed by atoms with Crippen molar-refractivity contribution in [2.45, 2.75) is 12.1 Å². The van der Waals surface area contributed by atoms with Gasteiger partial charge in [0.2, 0.25) is 0 Å². The molecule has 0 saturated carbocycles. The summed E-state index contributed by atoms with van der Waals surface area (Å²) in [4.78, 5) is 2.17. The largest absolute Gasteiger partial charge is 0.374 e. The first-order valence-electron chi connectivity index (χ1n) is 5.82. The molecule has 3 nitrogen and oxygen atoms in total. The Hall–Kier alpha value is -0.320. The lowest BCUT2D eigenvalue weighted by atomic mass is 10.00. The highest BCUT2D eigenvalue weighted by atomic mass is 35.5. The van der Waals surface area contributed by atoms with Crippen molar-refractivity contribution in [2.75, 3.05) is 33.8 Å². The zero-order chi connectivity index (χ0) is 11.4. The maximum absolute atomic E-state index is 5.85. The molecule has 0 spiro atoms. The summed E-state index contributed by atoms with van der Waals surface area (Å²) in [7, 11) is 4.17. The third-order valence-corrected chi connectivity index (χ3v) is 2.87. The van der Waals surface area contributed by atoms with Crippen LogP contribution in [-0.2, 0) is 4.74 Å². The van der Waals surface area contributed by atoms with Gasteiger partial charge in [-0.05, 0) is 19.7 Å². The minimum atomic E-state index is 0. The number of nitrogens with one attached hydrogen (secondary N) is 1. The molecule has 1 aliphatic rings. The number of likely N-dealkylation sites (N-methyl/N-ethyl adjacent to an activating group) is 1. The molecule has 5 heteroatoms. The summed E-state index contributed by atoms with van der Waals surface area (Å²) in [5.74, 6) is 0. The maximum Gasteiger partial charge on any atom is 0.0896 e. The first-order chi connectivity index (χ1) is 7.77. The Morgan fingerprint density at radius 1 is 1.22 bits per heavy atom. The van der Waals surface area contributed by atoms with Gasteiger partial charge in [0.15, 0.2) is 0 Å². The van der Waals surface area contributed by atoms with E-state index >= 15 is 0 Å². The van der Waals surface area contributed by atoms with Crippen LogP contribution in [0.15, 0.2) is 30.3 Å². The Labute approximate surface area is 122 Å². The average molecular weight is 293 g/mol. The quantitative estimate of drug-likeness (QED) is 0.924. The second-order valence-corrected chi connectivity index (χ2v) is 4.51. The summed E-state index contributed by atoms with van der Waals surface area (Å²) < 4.78 is 5.85. The van der Waals surface area contributed by atoms with Crippen LogP contribution in [0.3, 0.4) is 0 Å². The molecule has 1 saturated heterocycles. The molecule has 1 N–H and O–H groups in total.